The molecular weight excluding hydrogens is 393 g/mol. The number of carbonyl (C=O) groups is 2. The summed E-state index contributed by atoms with van der Waals surface area (Å²) in [4.78, 5) is 23.2. The molecule has 112 valence electrons. The van der Waals surface area contributed by atoms with Gasteiger partial charge in [-0.15, -0.1) is 0 Å². The summed E-state index contributed by atoms with van der Waals surface area (Å²) < 4.78 is 1.12. The van der Waals surface area contributed by atoms with Crippen molar-refractivity contribution in [2.24, 2.45) is 0 Å². The van der Waals surface area contributed by atoms with Gasteiger partial charge in [-0.3, -0.25) is 4.79 Å². The molecule has 0 unspecified atom stereocenters. The number of allylic oxidation sites excluding steroid dienone is 1. The highest BCUT2D eigenvalue weighted by Gasteiger charge is 2.10. The first-order valence-corrected chi connectivity index (χ1v) is 7.63. The van der Waals surface area contributed by atoms with Crippen molar-refractivity contribution in [3.63, 3.8) is 0 Å². The first-order chi connectivity index (χ1) is 10.5. The van der Waals surface area contributed by atoms with Gasteiger partial charge in [0.05, 0.1) is 11.3 Å². The number of hydrogen-bond acceptors (Lipinski definition) is 2. The van der Waals surface area contributed by atoms with Crippen molar-refractivity contribution in [3.8, 4) is 0 Å². The summed E-state index contributed by atoms with van der Waals surface area (Å²) >= 11 is 2.22. The van der Waals surface area contributed by atoms with Gasteiger partial charge >= 0.3 is 5.97 Å². The Balaban J connectivity index is 2.18. The number of carboxylic acid groups (broad SMARTS) is 1. The van der Waals surface area contributed by atoms with Gasteiger partial charge in [0.2, 0.25) is 5.91 Å². The van der Waals surface area contributed by atoms with Crippen LogP contribution >= 0.6 is 22.6 Å². The van der Waals surface area contributed by atoms with Gasteiger partial charge in [0.15, 0.2) is 0 Å². The number of aromatic carboxylic acids is 1. The molecule has 0 aromatic heterocycles. The van der Waals surface area contributed by atoms with Crippen LogP contribution in [0.4, 0.5) is 5.69 Å². The van der Waals surface area contributed by atoms with E-state index in [-0.39, 0.29) is 17.2 Å². The summed E-state index contributed by atoms with van der Waals surface area (Å²) in [7, 11) is 0. The molecule has 0 radical (unpaired) electrons. The standard InChI is InChI=1S/C17H14INO3/c1-11(12-6-8-13(18)9-7-12)10-16(20)19-15-5-3-2-4-14(15)17(21)22/h2-10H,1H3,(H,19,20)(H,21,22)/b11-10+. The Bertz CT molecular complexity index is 736. The molecule has 0 atom stereocenters. The minimum absolute atomic E-state index is 0.0659. The third kappa shape index (κ3) is 4.17. The maximum Gasteiger partial charge on any atom is 0.337 e. The summed E-state index contributed by atoms with van der Waals surface area (Å²) in [5.41, 5.74) is 2.10. The number of amides is 1. The summed E-state index contributed by atoms with van der Waals surface area (Å²) in [6.07, 6.45) is 1.46. The maximum atomic E-state index is 12.1. The van der Waals surface area contributed by atoms with Crippen molar-refractivity contribution in [3.05, 3.63) is 69.3 Å². The number of benzene rings is 2. The molecular formula is C17H14INO3. The van der Waals surface area contributed by atoms with Crippen LogP contribution in [-0.2, 0) is 4.79 Å². The third-order valence-electron chi connectivity index (χ3n) is 3.06. The van der Waals surface area contributed by atoms with E-state index in [1.807, 2.05) is 31.2 Å². The van der Waals surface area contributed by atoms with E-state index in [2.05, 4.69) is 27.9 Å². The Kier molecular flexibility index (Phi) is 5.32. The lowest BCUT2D eigenvalue weighted by atomic mass is 10.1. The molecule has 4 nitrogen and oxygen atoms in total. The highest BCUT2D eigenvalue weighted by atomic mass is 127. The fourth-order valence-electron chi connectivity index (χ4n) is 1.94. The zero-order valence-corrected chi connectivity index (χ0v) is 14.0. The van der Waals surface area contributed by atoms with Crippen molar-refractivity contribution < 1.29 is 14.7 Å². The predicted molar refractivity (Wildman–Crippen MR) is 94.8 cm³/mol. The molecule has 0 heterocycles. The lowest BCUT2D eigenvalue weighted by molar-refractivity contribution is -0.111. The van der Waals surface area contributed by atoms with Gasteiger partial charge in [-0.05, 0) is 64.9 Å². The van der Waals surface area contributed by atoms with Crippen LogP contribution in [0, 0.1) is 3.57 Å². The second-order valence-corrected chi connectivity index (χ2v) is 5.92. The molecule has 2 N–H and O–H groups in total. The van der Waals surface area contributed by atoms with E-state index in [1.165, 1.54) is 12.1 Å². The van der Waals surface area contributed by atoms with Crippen LogP contribution in [-0.4, -0.2) is 17.0 Å². The summed E-state index contributed by atoms with van der Waals surface area (Å²) in [5.74, 6) is -1.43. The van der Waals surface area contributed by atoms with Gasteiger partial charge in [0.25, 0.3) is 0 Å². The molecule has 0 bridgehead atoms. The molecule has 2 aromatic carbocycles. The number of rotatable bonds is 4. The van der Waals surface area contributed by atoms with Gasteiger partial charge in [0.1, 0.15) is 0 Å². The number of anilines is 1. The summed E-state index contributed by atoms with van der Waals surface area (Å²) in [6, 6.07) is 14.1. The second kappa shape index (κ2) is 7.22. The predicted octanol–water partition coefficient (Wildman–Crippen LogP) is 4.03. The van der Waals surface area contributed by atoms with E-state index in [4.69, 9.17) is 5.11 Å². The maximum absolute atomic E-state index is 12.1. The van der Waals surface area contributed by atoms with E-state index in [0.717, 1.165) is 14.7 Å². The van der Waals surface area contributed by atoms with E-state index in [1.54, 1.807) is 18.2 Å². The van der Waals surface area contributed by atoms with Crippen LogP contribution in [0.3, 0.4) is 0 Å². The summed E-state index contributed by atoms with van der Waals surface area (Å²) in [5, 5.41) is 11.7. The second-order valence-electron chi connectivity index (χ2n) is 4.67. The molecule has 5 heteroatoms. The van der Waals surface area contributed by atoms with E-state index < -0.39 is 5.97 Å². The van der Waals surface area contributed by atoms with E-state index in [0.29, 0.717) is 0 Å². The normalized spacial score (nSPS) is 11.1. The Hall–Kier alpha value is -2.15. The van der Waals surface area contributed by atoms with Crippen molar-refractivity contribution in [1.29, 1.82) is 0 Å². The average Bonchev–Trinajstić information content (AvgIpc) is 2.48. The van der Waals surface area contributed by atoms with Crippen molar-refractivity contribution in [1.82, 2.24) is 0 Å². The smallest absolute Gasteiger partial charge is 0.337 e. The third-order valence-corrected chi connectivity index (χ3v) is 3.78. The Morgan fingerprint density at radius 1 is 1.09 bits per heavy atom. The molecule has 0 aliphatic heterocycles. The Morgan fingerprint density at radius 3 is 2.36 bits per heavy atom. The Morgan fingerprint density at radius 2 is 1.73 bits per heavy atom. The number of carboxylic acids is 1. The van der Waals surface area contributed by atoms with Crippen molar-refractivity contribution in [2.45, 2.75) is 6.92 Å². The molecule has 0 fully saturated rings. The van der Waals surface area contributed by atoms with Gasteiger partial charge in [-0.1, -0.05) is 24.3 Å². The monoisotopic (exact) mass is 407 g/mol. The van der Waals surface area contributed by atoms with Gasteiger partial charge in [-0.25, -0.2) is 4.79 Å². The van der Waals surface area contributed by atoms with Crippen LogP contribution in [0.2, 0.25) is 0 Å². The highest BCUT2D eigenvalue weighted by molar-refractivity contribution is 14.1. The number of hydrogen-bond donors (Lipinski definition) is 2. The molecule has 22 heavy (non-hydrogen) atoms. The molecule has 0 spiro atoms. The Labute approximate surface area is 142 Å². The van der Waals surface area contributed by atoms with Gasteiger partial charge in [0, 0.05) is 9.65 Å². The largest absolute Gasteiger partial charge is 0.478 e. The van der Waals surface area contributed by atoms with Crippen LogP contribution in [0.25, 0.3) is 5.57 Å². The summed E-state index contributed by atoms with van der Waals surface area (Å²) in [6.45, 7) is 1.84. The molecule has 0 aliphatic rings. The number of nitrogens with one attached hydrogen (secondary N) is 1. The molecule has 0 saturated heterocycles. The molecule has 1 amide bonds. The van der Waals surface area contributed by atoms with Crippen LogP contribution in [0.5, 0.6) is 0 Å². The van der Waals surface area contributed by atoms with Gasteiger partial charge in [-0.2, -0.15) is 0 Å². The van der Waals surface area contributed by atoms with Crippen LogP contribution in [0.1, 0.15) is 22.8 Å². The van der Waals surface area contributed by atoms with E-state index in [9.17, 15) is 9.59 Å². The quantitative estimate of drug-likeness (QED) is 0.594. The van der Waals surface area contributed by atoms with Crippen LogP contribution in [0.15, 0.2) is 54.6 Å². The van der Waals surface area contributed by atoms with Crippen LogP contribution < -0.4 is 5.32 Å². The first kappa shape index (κ1) is 16.2. The zero-order chi connectivity index (χ0) is 16.1. The molecule has 0 aliphatic carbocycles. The van der Waals surface area contributed by atoms with Gasteiger partial charge < -0.3 is 10.4 Å². The highest BCUT2D eigenvalue weighted by Crippen LogP contribution is 2.18. The minimum atomic E-state index is -1.07. The fourth-order valence-corrected chi connectivity index (χ4v) is 2.30. The van der Waals surface area contributed by atoms with E-state index >= 15 is 0 Å². The van der Waals surface area contributed by atoms with Crippen molar-refractivity contribution >= 4 is 45.7 Å². The lowest BCUT2D eigenvalue weighted by Gasteiger charge is -2.07. The fraction of sp³-hybridized carbons (Fsp3) is 0.0588. The minimum Gasteiger partial charge on any atom is -0.478 e. The SMILES string of the molecule is C/C(=C\C(=O)Nc1ccccc1C(=O)O)c1ccc(I)cc1. The molecule has 0 saturated carbocycles. The average molecular weight is 407 g/mol. The van der Waals surface area contributed by atoms with Crippen molar-refractivity contribution in [2.75, 3.05) is 5.32 Å². The number of halogens is 1. The first-order valence-electron chi connectivity index (χ1n) is 6.55. The molecule has 2 aromatic rings. The topological polar surface area (TPSA) is 66.4 Å². The number of carbonyl (C=O) groups excluding carboxylic acids is 1. The number of para-hydroxylation sites is 1. The lowest BCUT2D eigenvalue weighted by Crippen LogP contribution is -2.12. The zero-order valence-electron chi connectivity index (χ0n) is 11.8. The molecule has 2 rings (SSSR count).